The lowest BCUT2D eigenvalue weighted by molar-refractivity contribution is -0.140. The Hall–Kier alpha value is -3.36. The average Bonchev–Trinajstić information content (AvgIpc) is 2.93. The van der Waals surface area contributed by atoms with Crippen LogP contribution < -0.4 is 9.62 Å². The van der Waals surface area contributed by atoms with Gasteiger partial charge in [-0.3, -0.25) is 13.9 Å². The minimum Gasteiger partial charge on any atom is -0.354 e. The average molecular weight is 584 g/mol. The fourth-order valence-corrected chi connectivity index (χ4v) is 6.09. The summed E-state index contributed by atoms with van der Waals surface area (Å²) in [7, 11) is -4.15. The summed E-state index contributed by atoms with van der Waals surface area (Å²) in [6, 6.07) is 19.8. The molecule has 0 saturated carbocycles. The Kier molecular flexibility index (Phi) is 11.2. The van der Waals surface area contributed by atoms with Crippen LogP contribution in [0.1, 0.15) is 49.8 Å². The summed E-state index contributed by atoms with van der Waals surface area (Å²) in [6.07, 6.45) is 2.13. The summed E-state index contributed by atoms with van der Waals surface area (Å²) in [5.41, 5.74) is 2.95. The van der Waals surface area contributed by atoms with Gasteiger partial charge in [0.2, 0.25) is 11.8 Å². The summed E-state index contributed by atoms with van der Waals surface area (Å²) >= 11 is 6.02. The minimum absolute atomic E-state index is 0.0164. The summed E-state index contributed by atoms with van der Waals surface area (Å²) in [6.45, 7) is 7.85. The predicted octanol–water partition coefficient (Wildman–Crippen LogP) is 5.88. The highest BCUT2D eigenvalue weighted by atomic mass is 35.5. The molecule has 9 heteroatoms. The number of hydrogen-bond donors (Lipinski definition) is 1. The number of nitrogens with zero attached hydrogens (tertiary/aromatic N) is 2. The molecule has 0 aliphatic rings. The molecule has 7 nitrogen and oxygen atoms in total. The molecule has 0 bridgehead atoms. The zero-order chi connectivity index (χ0) is 29.3. The van der Waals surface area contributed by atoms with Crippen LogP contribution in [0.5, 0.6) is 0 Å². The molecule has 2 amide bonds. The van der Waals surface area contributed by atoms with E-state index in [4.69, 9.17) is 11.6 Å². The summed E-state index contributed by atoms with van der Waals surface area (Å²) in [5.74, 6) is -0.720. The molecule has 0 fully saturated rings. The third kappa shape index (κ3) is 7.64. The monoisotopic (exact) mass is 583 g/mol. The van der Waals surface area contributed by atoms with Crippen molar-refractivity contribution < 1.29 is 18.0 Å². The molecule has 0 spiro atoms. The van der Waals surface area contributed by atoms with Gasteiger partial charge in [0.25, 0.3) is 10.0 Å². The molecule has 0 aliphatic heterocycles. The molecule has 3 aromatic carbocycles. The Bertz CT molecular complexity index is 1410. The maximum atomic E-state index is 14.1. The summed E-state index contributed by atoms with van der Waals surface area (Å²) in [4.78, 5) is 28.9. The molecule has 0 heterocycles. The Labute approximate surface area is 243 Å². The molecule has 0 saturated heterocycles. The Morgan fingerprint density at radius 2 is 1.52 bits per heavy atom. The van der Waals surface area contributed by atoms with Crippen LogP contribution in [0.2, 0.25) is 5.02 Å². The highest BCUT2D eigenvalue weighted by Crippen LogP contribution is 2.28. The zero-order valence-electron chi connectivity index (χ0n) is 23.6. The van der Waals surface area contributed by atoms with Gasteiger partial charge in [-0.05, 0) is 73.7 Å². The van der Waals surface area contributed by atoms with Gasteiger partial charge in [-0.15, -0.1) is 0 Å². The molecule has 3 rings (SSSR count). The van der Waals surface area contributed by atoms with E-state index >= 15 is 0 Å². The van der Waals surface area contributed by atoms with Crippen molar-refractivity contribution in [2.45, 2.75) is 64.4 Å². The molecular formula is C31H38ClN3O4S. The number of halogens is 1. The number of nitrogens with one attached hydrogen (secondary N) is 1. The van der Waals surface area contributed by atoms with Gasteiger partial charge in [0, 0.05) is 18.1 Å². The lowest BCUT2D eigenvalue weighted by atomic mass is 10.1. The number of benzene rings is 3. The van der Waals surface area contributed by atoms with Crippen LogP contribution in [-0.4, -0.2) is 44.3 Å². The lowest BCUT2D eigenvalue weighted by Gasteiger charge is -2.34. The molecule has 0 aliphatic carbocycles. The van der Waals surface area contributed by atoms with Gasteiger partial charge in [-0.2, -0.15) is 0 Å². The van der Waals surface area contributed by atoms with Gasteiger partial charge in [-0.1, -0.05) is 74.3 Å². The second-order valence-electron chi connectivity index (χ2n) is 9.77. The molecular weight excluding hydrogens is 546 g/mol. The van der Waals surface area contributed by atoms with Crippen LogP contribution in [0.15, 0.2) is 77.7 Å². The summed E-state index contributed by atoms with van der Waals surface area (Å²) < 4.78 is 29.0. The molecule has 0 radical (unpaired) electrons. The maximum absolute atomic E-state index is 14.1. The van der Waals surface area contributed by atoms with E-state index in [2.05, 4.69) is 5.32 Å². The van der Waals surface area contributed by atoms with Crippen molar-refractivity contribution in [2.24, 2.45) is 0 Å². The standard InChI is InChI=1S/C31H38ClN3O4S/c1-5-7-20-33-31(37)28(6-2)34(21-25-14-10-8-12-23(25)3)30(36)22-35(29-15-11-9-13-24(29)4)40(38,39)27-18-16-26(32)17-19-27/h8-19,28H,5-7,20-22H2,1-4H3,(H,33,37)/t28-/m0/s1. The van der Waals surface area contributed by atoms with E-state index in [0.29, 0.717) is 29.2 Å². The van der Waals surface area contributed by atoms with Crippen molar-refractivity contribution in [1.29, 1.82) is 0 Å². The number of amides is 2. The van der Waals surface area contributed by atoms with Crippen LogP contribution >= 0.6 is 11.6 Å². The predicted molar refractivity (Wildman–Crippen MR) is 161 cm³/mol. The first kappa shape index (κ1) is 31.2. The number of anilines is 1. The first-order chi connectivity index (χ1) is 19.1. The largest absolute Gasteiger partial charge is 0.354 e. The lowest BCUT2D eigenvalue weighted by Crippen LogP contribution is -2.52. The van der Waals surface area contributed by atoms with Gasteiger partial charge >= 0.3 is 0 Å². The fourth-order valence-electron chi connectivity index (χ4n) is 4.49. The van der Waals surface area contributed by atoms with Crippen LogP contribution in [0, 0.1) is 13.8 Å². The van der Waals surface area contributed by atoms with Crippen LogP contribution in [-0.2, 0) is 26.2 Å². The second kappa shape index (κ2) is 14.3. The molecule has 1 N–H and O–H groups in total. The minimum atomic E-state index is -4.15. The number of unbranched alkanes of at least 4 members (excludes halogenated alkanes) is 1. The quantitative estimate of drug-likeness (QED) is 0.255. The normalized spacial score (nSPS) is 12.0. The molecule has 40 heavy (non-hydrogen) atoms. The van der Waals surface area contributed by atoms with Crippen molar-refractivity contribution in [2.75, 3.05) is 17.4 Å². The fraction of sp³-hybridized carbons (Fsp3) is 0.355. The van der Waals surface area contributed by atoms with E-state index in [1.807, 2.05) is 51.1 Å². The third-order valence-corrected chi connectivity index (χ3v) is 8.91. The number of carbonyl (C=O) groups excluding carboxylic acids is 2. The van der Waals surface area contributed by atoms with E-state index in [1.54, 1.807) is 25.1 Å². The topological polar surface area (TPSA) is 86.8 Å². The van der Waals surface area contributed by atoms with E-state index in [1.165, 1.54) is 29.2 Å². The number of carbonyl (C=O) groups is 2. The Morgan fingerprint density at radius 1 is 0.900 bits per heavy atom. The first-order valence-corrected chi connectivity index (χ1v) is 15.4. The zero-order valence-corrected chi connectivity index (χ0v) is 25.1. The van der Waals surface area contributed by atoms with E-state index < -0.39 is 28.5 Å². The van der Waals surface area contributed by atoms with Crippen LogP contribution in [0.3, 0.4) is 0 Å². The first-order valence-electron chi connectivity index (χ1n) is 13.6. The highest BCUT2D eigenvalue weighted by molar-refractivity contribution is 7.92. The van der Waals surface area contributed by atoms with Crippen molar-refractivity contribution in [3.63, 3.8) is 0 Å². The second-order valence-corrected chi connectivity index (χ2v) is 12.1. The van der Waals surface area contributed by atoms with Gasteiger partial charge in [0.1, 0.15) is 12.6 Å². The Balaban J connectivity index is 2.06. The molecule has 214 valence electrons. The van der Waals surface area contributed by atoms with Gasteiger partial charge in [0.15, 0.2) is 0 Å². The molecule has 1 atom stereocenters. The molecule has 0 unspecified atom stereocenters. The number of rotatable bonds is 13. The van der Waals surface area contributed by atoms with Crippen molar-refractivity contribution in [3.8, 4) is 0 Å². The van der Waals surface area contributed by atoms with Gasteiger partial charge in [0.05, 0.1) is 10.6 Å². The van der Waals surface area contributed by atoms with Crippen molar-refractivity contribution >= 4 is 39.1 Å². The van der Waals surface area contributed by atoms with E-state index in [9.17, 15) is 18.0 Å². The van der Waals surface area contributed by atoms with Gasteiger partial charge in [-0.25, -0.2) is 8.42 Å². The van der Waals surface area contributed by atoms with Crippen molar-refractivity contribution in [3.05, 3.63) is 94.5 Å². The molecule has 0 aromatic heterocycles. The van der Waals surface area contributed by atoms with Crippen LogP contribution in [0.4, 0.5) is 5.69 Å². The van der Waals surface area contributed by atoms with Crippen LogP contribution in [0.25, 0.3) is 0 Å². The smallest absolute Gasteiger partial charge is 0.264 e. The van der Waals surface area contributed by atoms with E-state index in [-0.39, 0.29) is 17.3 Å². The third-order valence-electron chi connectivity index (χ3n) is 6.88. The highest BCUT2D eigenvalue weighted by Gasteiger charge is 2.34. The maximum Gasteiger partial charge on any atom is 0.264 e. The number of para-hydroxylation sites is 1. The Morgan fingerprint density at radius 3 is 2.12 bits per heavy atom. The molecule has 3 aromatic rings. The number of aryl methyl sites for hydroxylation is 2. The summed E-state index contributed by atoms with van der Waals surface area (Å²) in [5, 5.41) is 3.35. The number of hydrogen-bond acceptors (Lipinski definition) is 4. The van der Waals surface area contributed by atoms with E-state index in [0.717, 1.165) is 28.3 Å². The van der Waals surface area contributed by atoms with Gasteiger partial charge < -0.3 is 10.2 Å². The SMILES string of the molecule is CCCCNC(=O)[C@H](CC)N(Cc1ccccc1C)C(=O)CN(c1ccccc1C)S(=O)(=O)c1ccc(Cl)cc1. The van der Waals surface area contributed by atoms with Crippen molar-refractivity contribution in [1.82, 2.24) is 10.2 Å². The number of sulfonamides is 1.